The lowest BCUT2D eigenvalue weighted by Gasteiger charge is -2.27. The van der Waals surface area contributed by atoms with Crippen molar-refractivity contribution < 1.29 is 8.97 Å². The van der Waals surface area contributed by atoms with Crippen molar-refractivity contribution in [1.82, 2.24) is 34.9 Å². The first kappa shape index (κ1) is 17.0. The fraction of sp³-hybridized carbons (Fsp3) is 0.200. The highest BCUT2D eigenvalue weighted by molar-refractivity contribution is 6.11. The first-order valence-electron chi connectivity index (χ1n) is 9.56. The Hall–Kier alpha value is -3.95. The third kappa shape index (κ3) is 2.60. The number of hydrogen-bond donors (Lipinski definition) is 1. The van der Waals surface area contributed by atoms with E-state index < -0.39 is 0 Å². The van der Waals surface area contributed by atoms with Gasteiger partial charge in [-0.2, -0.15) is 10.2 Å². The Morgan fingerprint density at radius 3 is 2.87 bits per heavy atom. The van der Waals surface area contributed by atoms with Crippen molar-refractivity contribution in [2.45, 2.75) is 13.1 Å². The molecular formula is C20H17FN9+. The number of nitrogens with one attached hydrogen (secondary N) is 1. The molecule has 0 bridgehead atoms. The predicted octanol–water partition coefficient (Wildman–Crippen LogP) is 1.84. The number of halogens is 1. The molecule has 148 valence electrons. The summed E-state index contributed by atoms with van der Waals surface area (Å²) in [5, 5.41) is 12.4. The summed E-state index contributed by atoms with van der Waals surface area (Å²) in [6.45, 7) is 2.16. The van der Waals surface area contributed by atoms with E-state index in [9.17, 15) is 4.39 Å². The first-order valence-corrected chi connectivity index (χ1v) is 9.56. The minimum Gasteiger partial charge on any atom is -0.347 e. The van der Waals surface area contributed by atoms with Gasteiger partial charge in [0.25, 0.3) is 0 Å². The number of anilines is 1. The van der Waals surface area contributed by atoms with Gasteiger partial charge in [-0.15, -0.1) is 0 Å². The molecule has 0 atom stereocenters. The number of allylic oxidation sites excluding steroid dienone is 1. The molecule has 0 saturated heterocycles. The minimum atomic E-state index is -0.283. The zero-order chi connectivity index (χ0) is 20.2. The molecule has 0 aliphatic carbocycles. The van der Waals surface area contributed by atoms with Crippen molar-refractivity contribution in [2.24, 2.45) is 0 Å². The van der Waals surface area contributed by atoms with Crippen LogP contribution in [0.4, 0.5) is 10.2 Å². The number of aromatic amines is 1. The molecule has 9 nitrogen and oxygen atoms in total. The lowest BCUT2D eigenvalue weighted by Crippen LogP contribution is -2.34. The molecule has 0 amide bonds. The summed E-state index contributed by atoms with van der Waals surface area (Å²) in [6, 6.07) is 5.21. The molecule has 30 heavy (non-hydrogen) atoms. The molecule has 4 aromatic rings. The highest BCUT2D eigenvalue weighted by Gasteiger charge is 2.23. The van der Waals surface area contributed by atoms with Crippen molar-refractivity contribution in [2.75, 3.05) is 18.5 Å². The maximum absolute atomic E-state index is 14.6. The second-order valence-corrected chi connectivity index (χ2v) is 7.41. The Labute approximate surface area is 170 Å². The van der Waals surface area contributed by atoms with E-state index in [1.54, 1.807) is 6.33 Å². The zero-order valence-corrected chi connectivity index (χ0v) is 16.1. The highest BCUT2D eigenvalue weighted by Crippen LogP contribution is 2.31. The van der Waals surface area contributed by atoms with Gasteiger partial charge in [0.15, 0.2) is 12.4 Å². The molecule has 0 spiro atoms. The normalized spacial score (nSPS) is 15.6. The van der Waals surface area contributed by atoms with Gasteiger partial charge >= 0.3 is 0 Å². The van der Waals surface area contributed by atoms with Gasteiger partial charge in [-0.3, -0.25) is 5.10 Å². The summed E-state index contributed by atoms with van der Waals surface area (Å²) in [5.74, 6) is 1.42. The number of benzene rings is 1. The summed E-state index contributed by atoms with van der Waals surface area (Å²) in [4.78, 5) is 15.3. The molecule has 0 saturated carbocycles. The van der Waals surface area contributed by atoms with E-state index in [4.69, 9.17) is 0 Å². The molecule has 3 aromatic heterocycles. The van der Waals surface area contributed by atoms with Crippen molar-refractivity contribution >= 4 is 28.5 Å². The van der Waals surface area contributed by atoms with Crippen molar-refractivity contribution in [1.29, 1.82) is 0 Å². The topological polar surface area (TPSA) is 91.4 Å². The molecule has 0 fully saturated rings. The van der Waals surface area contributed by atoms with Crippen LogP contribution in [0.15, 0.2) is 37.1 Å². The number of fused-ring (bicyclic) bond motifs is 2. The van der Waals surface area contributed by atoms with Gasteiger partial charge < -0.3 is 4.90 Å². The molecule has 5 heterocycles. The molecule has 2 aliphatic heterocycles. The van der Waals surface area contributed by atoms with E-state index in [0.29, 0.717) is 29.0 Å². The molecule has 10 heteroatoms. The van der Waals surface area contributed by atoms with Crippen molar-refractivity contribution in [3.8, 4) is 11.4 Å². The third-order valence-electron chi connectivity index (χ3n) is 5.48. The molecule has 6 rings (SSSR count). The predicted molar refractivity (Wildman–Crippen MR) is 108 cm³/mol. The van der Waals surface area contributed by atoms with Crippen molar-refractivity contribution in [3.63, 3.8) is 0 Å². The summed E-state index contributed by atoms with van der Waals surface area (Å²) in [7, 11) is 1.91. The zero-order valence-electron chi connectivity index (χ0n) is 16.1. The molecule has 0 unspecified atom stereocenters. The Morgan fingerprint density at radius 2 is 2.00 bits per heavy atom. The van der Waals surface area contributed by atoms with Gasteiger partial charge in [-0.25, -0.2) is 28.6 Å². The van der Waals surface area contributed by atoms with Crippen LogP contribution >= 0.6 is 0 Å². The van der Waals surface area contributed by atoms with Gasteiger partial charge in [0.2, 0.25) is 0 Å². The van der Waals surface area contributed by atoms with E-state index in [-0.39, 0.29) is 5.82 Å². The number of hydrogen-bond acceptors (Lipinski definition) is 6. The summed E-state index contributed by atoms with van der Waals surface area (Å²) in [5.41, 5.74) is 3.38. The SMILES string of the molecule is C[N+]1=CC(c2cc3c(-c4cc(N5CCn6ncnc6C5)ncn4)n[nH]c3cc2F)=C1. The monoisotopic (exact) mass is 402 g/mol. The van der Waals surface area contributed by atoms with Crippen LogP contribution in [-0.4, -0.2) is 59.3 Å². The standard InChI is InChI=1S/C20H17FN9/c1-28-7-12(8-28)13-4-14-16(5-15(13)21)26-27-20(14)17-6-18(23-10-22-17)29-2-3-30-19(9-29)24-11-25-30/h4-8,10-11H,2-3,9H2,1H3,(H,26,27)/q+1. The third-order valence-corrected chi connectivity index (χ3v) is 5.48. The van der Waals surface area contributed by atoms with Gasteiger partial charge in [-0.1, -0.05) is 0 Å². The fourth-order valence-corrected chi connectivity index (χ4v) is 3.93. The molecule has 0 radical (unpaired) electrons. The quantitative estimate of drug-likeness (QED) is 0.526. The Kier molecular flexibility index (Phi) is 3.55. The fourth-order valence-electron chi connectivity index (χ4n) is 3.93. The molecule has 2 aliphatic rings. The van der Waals surface area contributed by atoms with Gasteiger partial charge in [0, 0.05) is 29.6 Å². The average Bonchev–Trinajstić information content (AvgIpc) is 3.37. The molecule has 1 aromatic carbocycles. The summed E-state index contributed by atoms with van der Waals surface area (Å²) in [6.07, 6.45) is 6.89. The highest BCUT2D eigenvalue weighted by atomic mass is 19.1. The minimum absolute atomic E-state index is 0.283. The van der Waals surface area contributed by atoms with E-state index in [1.807, 2.05) is 40.9 Å². The summed E-state index contributed by atoms with van der Waals surface area (Å²) < 4.78 is 18.4. The number of nitrogens with zero attached hydrogens (tertiary/aromatic N) is 8. The second-order valence-electron chi connectivity index (χ2n) is 7.41. The maximum atomic E-state index is 14.6. The smallest absolute Gasteiger partial charge is 0.182 e. The number of H-pyrrole nitrogens is 1. The van der Waals surface area contributed by atoms with E-state index in [0.717, 1.165) is 35.7 Å². The Balaban J connectivity index is 1.39. The van der Waals surface area contributed by atoms with E-state index in [1.165, 1.54) is 12.4 Å². The van der Waals surface area contributed by atoms with Crippen LogP contribution in [0, 0.1) is 5.82 Å². The van der Waals surface area contributed by atoms with Crippen LogP contribution in [0.25, 0.3) is 27.9 Å². The van der Waals surface area contributed by atoms with Crippen LogP contribution in [-0.2, 0) is 13.1 Å². The average molecular weight is 402 g/mol. The van der Waals surface area contributed by atoms with Gasteiger partial charge in [-0.05, 0) is 6.07 Å². The van der Waals surface area contributed by atoms with Crippen LogP contribution < -0.4 is 4.90 Å². The van der Waals surface area contributed by atoms with Crippen LogP contribution in [0.1, 0.15) is 11.4 Å². The molecule has 1 N–H and O–H groups in total. The van der Waals surface area contributed by atoms with Gasteiger partial charge in [0.1, 0.15) is 48.4 Å². The Morgan fingerprint density at radius 1 is 1.10 bits per heavy atom. The number of aromatic nitrogens is 7. The second kappa shape index (κ2) is 6.28. The lowest BCUT2D eigenvalue weighted by atomic mass is 10.0. The molecular weight excluding hydrogens is 385 g/mol. The van der Waals surface area contributed by atoms with E-state index in [2.05, 4.69) is 35.1 Å². The van der Waals surface area contributed by atoms with Crippen molar-refractivity contribution in [3.05, 3.63) is 54.3 Å². The largest absolute Gasteiger partial charge is 0.347 e. The van der Waals surface area contributed by atoms with Crippen LogP contribution in [0.3, 0.4) is 0 Å². The van der Waals surface area contributed by atoms with E-state index >= 15 is 0 Å². The maximum Gasteiger partial charge on any atom is 0.182 e. The Bertz CT molecular complexity index is 1360. The van der Waals surface area contributed by atoms with Crippen LogP contribution in [0.5, 0.6) is 0 Å². The van der Waals surface area contributed by atoms with Gasteiger partial charge in [0.05, 0.1) is 24.3 Å². The number of rotatable bonds is 3. The first-order chi connectivity index (χ1) is 14.7. The van der Waals surface area contributed by atoms with Crippen LogP contribution in [0.2, 0.25) is 0 Å². The lowest BCUT2D eigenvalue weighted by molar-refractivity contribution is -0.423. The summed E-state index contributed by atoms with van der Waals surface area (Å²) >= 11 is 0.